The number of hydrogen-bond acceptors (Lipinski definition) is 3. The van der Waals surface area contributed by atoms with Gasteiger partial charge in [-0.1, -0.05) is 0 Å². The second kappa shape index (κ2) is 5.16. The third kappa shape index (κ3) is 3.27. The molecule has 1 aromatic heterocycles. The summed E-state index contributed by atoms with van der Waals surface area (Å²) in [5.41, 5.74) is 1.17. The van der Waals surface area contributed by atoms with E-state index in [9.17, 15) is 9.59 Å². The number of amides is 1. The summed E-state index contributed by atoms with van der Waals surface area (Å²) in [6.45, 7) is 4.96. The van der Waals surface area contributed by atoms with Gasteiger partial charge < -0.3 is 9.73 Å². The predicted octanol–water partition coefficient (Wildman–Crippen LogP) is -0.411. The van der Waals surface area contributed by atoms with Gasteiger partial charge in [0, 0.05) is 12.6 Å². The Morgan fingerprint density at radius 2 is 2.12 bits per heavy atom. The molecule has 0 aliphatic heterocycles. The van der Waals surface area contributed by atoms with Crippen LogP contribution in [-0.4, -0.2) is 10.9 Å². The molecule has 0 spiro atoms. The van der Waals surface area contributed by atoms with Crippen molar-refractivity contribution >= 4 is 18.1 Å². The van der Waals surface area contributed by atoms with Gasteiger partial charge in [0.05, 0.1) is 5.35 Å². The van der Waals surface area contributed by atoms with Crippen molar-refractivity contribution in [2.75, 3.05) is 0 Å². The molecule has 86 valence electrons. The summed E-state index contributed by atoms with van der Waals surface area (Å²) >= 11 is 0. The number of aromatic amines is 1. The highest BCUT2D eigenvalue weighted by Gasteiger charge is 1.93. The molecule has 0 saturated heterocycles. The molecule has 16 heavy (non-hydrogen) atoms. The minimum atomic E-state index is -0.495. The van der Waals surface area contributed by atoms with Gasteiger partial charge in [0.15, 0.2) is 5.42 Å². The number of carbonyl (C=O) groups is 1. The second-order valence-electron chi connectivity index (χ2n) is 3.28. The molecule has 0 aliphatic rings. The largest absolute Gasteiger partial charge is 0.417 e. The van der Waals surface area contributed by atoms with Crippen LogP contribution >= 0.6 is 0 Å². The Hall–Kier alpha value is -2.04. The quantitative estimate of drug-likeness (QED) is 0.714. The van der Waals surface area contributed by atoms with E-state index in [-0.39, 0.29) is 5.91 Å². The predicted molar refractivity (Wildman–Crippen MR) is 60.8 cm³/mol. The van der Waals surface area contributed by atoms with Crippen LogP contribution in [0.15, 0.2) is 21.0 Å². The van der Waals surface area contributed by atoms with E-state index in [2.05, 4.69) is 10.3 Å². The molecular weight excluding hydrogens is 208 g/mol. The first-order valence-corrected chi connectivity index (χ1v) is 4.84. The zero-order valence-corrected chi connectivity index (χ0v) is 9.46. The minimum Gasteiger partial charge on any atom is -0.408 e. The van der Waals surface area contributed by atoms with E-state index in [0.29, 0.717) is 16.5 Å². The monoisotopic (exact) mass is 222 g/mol. The van der Waals surface area contributed by atoms with E-state index >= 15 is 0 Å². The van der Waals surface area contributed by atoms with Crippen molar-refractivity contribution in [3.8, 4) is 0 Å². The lowest BCUT2D eigenvalue weighted by molar-refractivity contribution is -0.118. The highest BCUT2D eigenvalue weighted by molar-refractivity contribution is 5.75. The normalized spacial score (nSPS) is 14.3. The average Bonchev–Trinajstić information content (AvgIpc) is 2.55. The Morgan fingerprint density at radius 1 is 1.44 bits per heavy atom. The van der Waals surface area contributed by atoms with E-state index < -0.39 is 5.76 Å². The Kier molecular flexibility index (Phi) is 3.88. The molecule has 0 unspecified atom stereocenters. The lowest BCUT2D eigenvalue weighted by Crippen LogP contribution is -2.22. The minimum absolute atomic E-state index is 0.134. The zero-order valence-electron chi connectivity index (χ0n) is 9.46. The van der Waals surface area contributed by atoms with Gasteiger partial charge in [0.1, 0.15) is 0 Å². The number of carbonyl (C=O) groups excluding carboxylic acids is 1. The Bertz CT molecular complexity index is 575. The van der Waals surface area contributed by atoms with Crippen LogP contribution in [-0.2, 0) is 4.79 Å². The van der Waals surface area contributed by atoms with Gasteiger partial charge in [-0.25, -0.2) is 4.79 Å². The number of oxazole rings is 1. The molecule has 0 aliphatic carbocycles. The summed E-state index contributed by atoms with van der Waals surface area (Å²) in [5, 5.41) is 3.20. The molecule has 1 rings (SSSR count). The summed E-state index contributed by atoms with van der Waals surface area (Å²) in [6.07, 6.45) is 5.05. The third-order valence-electron chi connectivity index (χ3n) is 1.84. The average molecular weight is 222 g/mol. The topological polar surface area (TPSA) is 75.1 Å². The second-order valence-corrected chi connectivity index (χ2v) is 3.28. The molecule has 0 fully saturated rings. The van der Waals surface area contributed by atoms with Crippen molar-refractivity contribution in [3.05, 3.63) is 33.1 Å². The van der Waals surface area contributed by atoms with Gasteiger partial charge >= 0.3 is 5.76 Å². The Morgan fingerprint density at radius 3 is 2.69 bits per heavy atom. The van der Waals surface area contributed by atoms with Gasteiger partial charge in [-0.2, -0.15) is 0 Å². The summed E-state index contributed by atoms with van der Waals surface area (Å²) in [4.78, 5) is 24.2. The molecule has 2 N–H and O–H groups in total. The number of H-pyrrole nitrogens is 1. The van der Waals surface area contributed by atoms with Crippen LogP contribution < -0.4 is 21.8 Å². The van der Waals surface area contributed by atoms with Crippen LogP contribution in [0.5, 0.6) is 0 Å². The molecule has 0 bridgehead atoms. The van der Waals surface area contributed by atoms with E-state index in [1.165, 1.54) is 6.92 Å². The molecule has 0 atom stereocenters. The maximum absolute atomic E-state index is 10.9. The van der Waals surface area contributed by atoms with E-state index in [1.54, 1.807) is 32.1 Å². The number of aromatic nitrogens is 1. The molecule has 0 aromatic carbocycles. The summed E-state index contributed by atoms with van der Waals surface area (Å²) in [6, 6.07) is 0. The van der Waals surface area contributed by atoms with Crippen molar-refractivity contribution in [1.29, 1.82) is 0 Å². The Balaban J connectivity index is 3.10. The lowest BCUT2D eigenvalue weighted by Gasteiger charge is -1.97. The molecule has 1 aromatic rings. The van der Waals surface area contributed by atoms with E-state index in [1.807, 2.05) is 0 Å². The van der Waals surface area contributed by atoms with Crippen molar-refractivity contribution in [2.24, 2.45) is 0 Å². The van der Waals surface area contributed by atoms with Crippen LogP contribution in [0, 0.1) is 0 Å². The van der Waals surface area contributed by atoms with Gasteiger partial charge in [-0.15, -0.1) is 0 Å². The molecule has 1 amide bonds. The highest BCUT2D eigenvalue weighted by atomic mass is 16.4. The van der Waals surface area contributed by atoms with Crippen LogP contribution in [0.1, 0.15) is 20.8 Å². The molecule has 0 saturated carbocycles. The van der Waals surface area contributed by atoms with Crippen LogP contribution in [0.3, 0.4) is 0 Å². The van der Waals surface area contributed by atoms with Crippen LogP contribution in [0.4, 0.5) is 0 Å². The fraction of sp³-hybridized carbons (Fsp3) is 0.273. The molecule has 1 heterocycles. The van der Waals surface area contributed by atoms with Crippen LogP contribution in [0.2, 0.25) is 0 Å². The van der Waals surface area contributed by atoms with Gasteiger partial charge in [0.25, 0.3) is 0 Å². The zero-order chi connectivity index (χ0) is 12.1. The standard InChI is InChI=1S/C11H14N2O3/c1-4-10-9(13-11(15)16-10)6-5-7(2)12-8(3)14/h4-6H,1-3H3,(H,12,14)(H,13,15)/b7-5+,9-6+,10-4+. The summed E-state index contributed by atoms with van der Waals surface area (Å²) in [5.74, 6) is -0.630. The smallest absolute Gasteiger partial charge is 0.408 e. The maximum atomic E-state index is 10.9. The van der Waals surface area contributed by atoms with Crippen molar-refractivity contribution in [2.45, 2.75) is 20.8 Å². The van der Waals surface area contributed by atoms with Gasteiger partial charge in [-0.3, -0.25) is 9.78 Å². The van der Waals surface area contributed by atoms with E-state index in [0.717, 1.165) is 0 Å². The van der Waals surface area contributed by atoms with Crippen molar-refractivity contribution in [1.82, 2.24) is 10.3 Å². The lowest BCUT2D eigenvalue weighted by atomic mass is 10.3. The number of rotatable bonds is 2. The first-order chi connectivity index (χ1) is 7.52. The van der Waals surface area contributed by atoms with Crippen molar-refractivity contribution < 1.29 is 9.21 Å². The number of hydrogen-bond donors (Lipinski definition) is 2. The third-order valence-corrected chi connectivity index (χ3v) is 1.84. The van der Waals surface area contributed by atoms with Gasteiger partial charge in [0.2, 0.25) is 5.91 Å². The molecular formula is C11H14N2O3. The summed E-state index contributed by atoms with van der Waals surface area (Å²) < 4.78 is 4.86. The molecule has 5 nitrogen and oxygen atoms in total. The van der Waals surface area contributed by atoms with Gasteiger partial charge in [-0.05, 0) is 32.1 Å². The number of nitrogens with one attached hydrogen (secondary N) is 2. The first-order valence-electron chi connectivity index (χ1n) is 4.84. The van der Waals surface area contributed by atoms with E-state index in [4.69, 9.17) is 4.42 Å². The molecule has 5 heteroatoms. The van der Waals surface area contributed by atoms with Crippen molar-refractivity contribution in [3.63, 3.8) is 0 Å². The Labute approximate surface area is 92.2 Å². The first kappa shape index (κ1) is 12.0. The molecule has 0 radical (unpaired) electrons. The highest BCUT2D eigenvalue weighted by Crippen LogP contribution is 1.85. The fourth-order valence-corrected chi connectivity index (χ4v) is 1.22. The fourth-order valence-electron chi connectivity index (χ4n) is 1.22. The number of allylic oxidation sites excluding steroid dienone is 2. The maximum Gasteiger partial charge on any atom is 0.417 e. The SMILES string of the molecule is C/C=c1/oc(=O)[nH]/c1=C/C=C(\C)NC(C)=O. The van der Waals surface area contributed by atoms with Crippen LogP contribution in [0.25, 0.3) is 12.2 Å². The summed E-state index contributed by atoms with van der Waals surface area (Å²) in [7, 11) is 0.